The Morgan fingerprint density at radius 2 is 2.00 bits per heavy atom. The first kappa shape index (κ1) is 15.3. The number of hydrogen-bond acceptors (Lipinski definition) is 3. The van der Waals surface area contributed by atoms with Crippen LogP contribution in [-0.4, -0.2) is 26.2 Å². The lowest BCUT2D eigenvalue weighted by Crippen LogP contribution is -2.33. The van der Waals surface area contributed by atoms with Crippen molar-refractivity contribution in [3.63, 3.8) is 0 Å². The summed E-state index contributed by atoms with van der Waals surface area (Å²) in [4.78, 5) is -0.566. The van der Waals surface area contributed by atoms with Gasteiger partial charge in [0.15, 0.2) is 0 Å². The Morgan fingerprint density at radius 1 is 1.30 bits per heavy atom. The number of hydrogen-bond donors (Lipinski definition) is 2. The van der Waals surface area contributed by atoms with E-state index < -0.39 is 32.7 Å². The van der Waals surface area contributed by atoms with E-state index in [1.54, 1.807) is 0 Å². The number of rotatable bonds is 4. The Kier molecular flexibility index (Phi) is 4.41. The number of sulfonamides is 1. The maximum Gasteiger partial charge on any atom is 0.243 e. The van der Waals surface area contributed by atoms with Gasteiger partial charge in [-0.05, 0) is 37.3 Å². The van der Waals surface area contributed by atoms with Crippen molar-refractivity contribution >= 4 is 10.0 Å². The molecule has 1 aliphatic carbocycles. The van der Waals surface area contributed by atoms with Crippen molar-refractivity contribution in [2.75, 3.05) is 6.54 Å². The van der Waals surface area contributed by atoms with Crippen LogP contribution in [0, 0.1) is 24.5 Å². The monoisotopic (exact) mass is 305 g/mol. The van der Waals surface area contributed by atoms with Crippen LogP contribution in [0.5, 0.6) is 0 Å². The largest absolute Gasteiger partial charge is 0.393 e. The molecule has 0 saturated heterocycles. The molecule has 0 heterocycles. The maximum atomic E-state index is 13.6. The number of aryl methyl sites for hydroxylation is 1. The van der Waals surface area contributed by atoms with E-state index in [-0.39, 0.29) is 18.0 Å². The van der Waals surface area contributed by atoms with Crippen LogP contribution >= 0.6 is 0 Å². The zero-order valence-electron chi connectivity index (χ0n) is 11.1. The Bertz CT molecular complexity index is 604. The maximum absolute atomic E-state index is 13.6. The molecule has 0 bridgehead atoms. The molecule has 1 aromatic rings. The molecule has 1 aliphatic rings. The zero-order chi connectivity index (χ0) is 14.9. The molecule has 4 nitrogen and oxygen atoms in total. The minimum Gasteiger partial charge on any atom is -0.393 e. The lowest BCUT2D eigenvalue weighted by molar-refractivity contribution is 0.134. The Morgan fingerprint density at radius 3 is 2.60 bits per heavy atom. The van der Waals surface area contributed by atoms with Crippen LogP contribution < -0.4 is 4.72 Å². The van der Waals surface area contributed by atoms with Gasteiger partial charge in [-0.2, -0.15) is 0 Å². The fourth-order valence-corrected chi connectivity index (χ4v) is 3.62. The average molecular weight is 305 g/mol. The third-order valence-corrected chi connectivity index (χ3v) is 5.10. The molecule has 2 atom stereocenters. The summed E-state index contributed by atoms with van der Waals surface area (Å²) in [7, 11) is -4.04. The quantitative estimate of drug-likeness (QED) is 0.890. The van der Waals surface area contributed by atoms with E-state index in [0.717, 1.165) is 18.9 Å². The minimum atomic E-state index is -4.04. The van der Waals surface area contributed by atoms with E-state index in [2.05, 4.69) is 4.72 Å². The van der Waals surface area contributed by atoms with Crippen molar-refractivity contribution in [2.45, 2.75) is 37.2 Å². The van der Waals surface area contributed by atoms with Crippen molar-refractivity contribution in [3.8, 4) is 0 Å². The topological polar surface area (TPSA) is 66.4 Å². The van der Waals surface area contributed by atoms with Gasteiger partial charge in [-0.25, -0.2) is 21.9 Å². The predicted octanol–water partition coefficient (Wildman–Crippen LogP) is 1.71. The first-order valence-electron chi connectivity index (χ1n) is 6.44. The molecule has 0 spiro atoms. The van der Waals surface area contributed by atoms with Gasteiger partial charge in [0.05, 0.1) is 6.10 Å². The van der Waals surface area contributed by atoms with Gasteiger partial charge in [0.1, 0.15) is 16.5 Å². The SMILES string of the molecule is Cc1cc(S(=O)(=O)NC[C@H]2CCC[C@@H]2O)c(F)cc1F. The number of halogens is 2. The highest BCUT2D eigenvalue weighted by atomic mass is 32.2. The molecule has 2 rings (SSSR count). The third kappa shape index (κ3) is 3.16. The van der Waals surface area contributed by atoms with Gasteiger partial charge < -0.3 is 5.11 Å². The second kappa shape index (κ2) is 5.75. The van der Waals surface area contributed by atoms with Crippen molar-refractivity contribution in [1.29, 1.82) is 0 Å². The van der Waals surface area contributed by atoms with Crippen LogP contribution in [0.2, 0.25) is 0 Å². The van der Waals surface area contributed by atoms with Gasteiger partial charge >= 0.3 is 0 Å². The fourth-order valence-electron chi connectivity index (χ4n) is 2.39. The molecule has 1 fully saturated rings. The standard InChI is InChI=1S/C13H17F2NO3S/c1-8-5-13(11(15)6-10(8)14)20(18,19)16-7-9-3-2-4-12(9)17/h5-6,9,12,16-17H,2-4,7H2,1H3/t9-,12+/m1/s1. The van der Waals surface area contributed by atoms with Crippen molar-refractivity contribution in [1.82, 2.24) is 4.72 Å². The molecule has 0 radical (unpaired) electrons. The van der Waals surface area contributed by atoms with E-state index >= 15 is 0 Å². The number of aliphatic hydroxyl groups excluding tert-OH is 1. The van der Waals surface area contributed by atoms with Gasteiger partial charge in [-0.3, -0.25) is 0 Å². The lowest BCUT2D eigenvalue weighted by Gasteiger charge is -2.15. The molecule has 1 saturated carbocycles. The van der Waals surface area contributed by atoms with Gasteiger partial charge in [-0.1, -0.05) is 6.42 Å². The van der Waals surface area contributed by atoms with Crippen LogP contribution in [-0.2, 0) is 10.0 Å². The molecule has 0 aromatic heterocycles. The molecule has 0 aliphatic heterocycles. The number of aliphatic hydroxyl groups is 1. The van der Waals surface area contributed by atoms with Gasteiger partial charge in [0.25, 0.3) is 0 Å². The summed E-state index contributed by atoms with van der Waals surface area (Å²) < 4.78 is 53.1. The van der Waals surface area contributed by atoms with E-state index in [4.69, 9.17) is 0 Å². The summed E-state index contributed by atoms with van der Waals surface area (Å²) in [5.74, 6) is -2.06. The highest BCUT2D eigenvalue weighted by Crippen LogP contribution is 2.25. The molecule has 0 unspecified atom stereocenters. The van der Waals surface area contributed by atoms with Crippen molar-refractivity contribution < 1.29 is 22.3 Å². The smallest absolute Gasteiger partial charge is 0.243 e. The van der Waals surface area contributed by atoms with Crippen LogP contribution in [0.3, 0.4) is 0 Å². The molecule has 112 valence electrons. The summed E-state index contributed by atoms with van der Waals surface area (Å²) in [5, 5.41) is 9.63. The Labute approximate surface area is 116 Å². The van der Waals surface area contributed by atoms with Gasteiger partial charge in [0.2, 0.25) is 10.0 Å². The highest BCUT2D eigenvalue weighted by molar-refractivity contribution is 7.89. The summed E-state index contributed by atoms with van der Waals surface area (Å²) in [6.45, 7) is 1.42. The van der Waals surface area contributed by atoms with Gasteiger partial charge in [0, 0.05) is 12.6 Å². The average Bonchev–Trinajstić information content (AvgIpc) is 2.77. The Hall–Kier alpha value is -1.05. The second-order valence-corrected chi connectivity index (χ2v) is 6.88. The third-order valence-electron chi connectivity index (χ3n) is 3.66. The van der Waals surface area contributed by atoms with E-state index in [1.807, 2.05) is 0 Å². The number of benzene rings is 1. The minimum absolute atomic E-state index is 0.0549. The highest BCUT2D eigenvalue weighted by Gasteiger charge is 2.28. The van der Waals surface area contributed by atoms with Gasteiger partial charge in [-0.15, -0.1) is 0 Å². The zero-order valence-corrected chi connectivity index (χ0v) is 11.9. The molecule has 2 N–H and O–H groups in total. The van der Waals surface area contributed by atoms with Crippen LogP contribution in [0.1, 0.15) is 24.8 Å². The summed E-state index contributed by atoms with van der Waals surface area (Å²) in [5.41, 5.74) is 0.0627. The molecule has 1 aromatic carbocycles. The predicted molar refractivity (Wildman–Crippen MR) is 69.6 cm³/mol. The molecular weight excluding hydrogens is 288 g/mol. The summed E-state index contributed by atoms with van der Waals surface area (Å²) in [6, 6.07) is 1.53. The second-order valence-electron chi connectivity index (χ2n) is 5.14. The molecule has 7 heteroatoms. The van der Waals surface area contributed by atoms with Crippen LogP contribution in [0.15, 0.2) is 17.0 Å². The van der Waals surface area contributed by atoms with Crippen LogP contribution in [0.25, 0.3) is 0 Å². The van der Waals surface area contributed by atoms with E-state index in [0.29, 0.717) is 12.5 Å². The summed E-state index contributed by atoms with van der Waals surface area (Å²) in [6.07, 6.45) is 1.69. The van der Waals surface area contributed by atoms with Crippen molar-refractivity contribution in [2.24, 2.45) is 5.92 Å². The molecule has 20 heavy (non-hydrogen) atoms. The van der Waals surface area contributed by atoms with E-state index in [9.17, 15) is 22.3 Å². The summed E-state index contributed by atoms with van der Waals surface area (Å²) >= 11 is 0. The fraction of sp³-hybridized carbons (Fsp3) is 0.538. The first-order chi connectivity index (χ1) is 9.31. The van der Waals surface area contributed by atoms with Crippen LogP contribution in [0.4, 0.5) is 8.78 Å². The van der Waals surface area contributed by atoms with E-state index in [1.165, 1.54) is 6.92 Å². The van der Waals surface area contributed by atoms with Crippen molar-refractivity contribution in [3.05, 3.63) is 29.3 Å². The lowest BCUT2D eigenvalue weighted by atomic mass is 10.1. The first-order valence-corrected chi connectivity index (χ1v) is 7.93. The normalized spacial score (nSPS) is 23.2. The number of nitrogens with one attached hydrogen (secondary N) is 1. The molecule has 0 amide bonds. The molecular formula is C13H17F2NO3S. The Balaban J connectivity index is 2.16.